The third kappa shape index (κ3) is 3.06. The minimum Gasteiger partial charge on any atom is -0.393 e. The van der Waals surface area contributed by atoms with E-state index in [0.717, 1.165) is 16.7 Å². The van der Waals surface area contributed by atoms with Crippen LogP contribution in [0.4, 0.5) is 0 Å². The van der Waals surface area contributed by atoms with Gasteiger partial charge in [-0.25, -0.2) is 4.68 Å². The SMILES string of the molecule is O=C(CCn1nnc2ccccc21)N1CCn2nc([C@@H](O)CO)cc2C1. The number of hydrogen-bond acceptors (Lipinski definition) is 6. The van der Waals surface area contributed by atoms with Gasteiger partial charge in [-0.15, -0.1) is 5.10 Å². The van der Waals surface area contributed by atoms with Gasteiger partial charge in [0.15, 0.2) is 0 Å². The minimum absolute atomic E-state index is 0.0429. The Morgan fingerprint density at radius 2 is 2.12 bits per heavy atom. The Kier molecular flexibility index (Phi) is 4.39. The third-order valence-corrected chi connectivity index (χ3v) is 4.64. The van der Waals surface area contributed by atoms with E-state index in [-0.39, 0.29) is 12.5 Å². The van der Waals surface area contributed by atoms with E-state index in [0.29, 0.717) is 38.3 Å². The lowest BCUT2D eigenvalue weighted by Gasteiger charge is -2.27. The molecule has 0 spiro atoms. The molecule has 0 bridgehead atoms. The molecule has 3 aromatic rings. The summed E-state index contributed by atoms with van der Waals surface area (Å²) in [6, 6.07) is 9.41. The van der Waals surface area contributed by atoms with Crippen molar-refractivity contribution in [1.29, 1.82) is 0 Å². The van der Waals surface area contributed by atoms with E-state index >= 15 is 0 Å². The Balaban J connectivity index is 1.40. The number of carbonyl (C=O) groups excluding carboxylic acids is 1. The van der Waals surface area contributed by atoms with Gasteiger partial charge in [0.25, 0.3) is 0 Å². The van der Waals surface area contributed by atoms with E-state index in [1.165, 1.54) is 0 Å². The van der Waals surface area contributed by atoms with E-state index in [1.807, 2.05) is 24.3 Å². The molecule has 9 nitrogen and oxygen atoms in total. The van der Waals surface area contributed by atoms with E-state index in [4.69, 9.17) is 5.11 Å². The summed E-state index contributed by atoms with van der Waals surface area (Å²) in [4.78, 5) is 14.4. The van der Waals surface area contributed by atoms with Gasteiger partial charge in [0.1, 0.15) is 11.6 Å². The van der Waals surface area contributed by atoms with Gasteiger partial charge < -0.3 is 15.1 Å². The standard InChI is InChI=1S/C17H20N6O3/c24-11-16(25)14-9-12-10-21(7-8-22(12)19-14)17(26)5-6-23-15-4-2-1-3-13(15)18-20-23/h1-4,9,16,24-25H,5-8,10-11H2/t16-/m0/s1. The number of amides is 1. The number of nitrogens with zero attached hydrogens (tertiary/aromatic N) is 6. The lowest BCUT2D eigenvalue weighted by Crippen LogP contribution is -2.38. The van der Waals surface area contributed by atoms with Crippen molar-refractivity contribution in [2.24, 2.45) is 0 Å². The van der Waals surface area contributed by atoms with Crippen LogP contribution in [0.15, 0.2) is 30.3 Å². The van der Waals surface area contributed by atoms with E-state index in [9.17, 15) is 9.90 Å². The summed E-state index contributed by atoms with van der Waals surface area (Å²) in [5.74, 6) is 0.0429. The predicted molar refractivity (Wildman–Crippen MR) is 91.8 cm³/mol. The highest BCUT2D eigenvalue weighted by Crippen LogP contribution is 2.19. The maximum atomic E-state index is 12.6. The largest absolute Gasteiger partial charge is 0.393 e. The monoisotopic (exact) mass is 356 g/mol. The van der Waals surface area contributed by atoms with Gasteiger partial charge in [-0.05, 0) is 18.2 Å². The minimum atomic E-state index is -0.988. The van der Waals surface area contributed by atoms with Crippen LogP contribution in [0, 0.1) is 0 Å². The molecule has 0 fully saturated rings. The van der Waals surface area contributed by atoms with Crippen molar-refractivity contribution in [3.63, 3.8) is 0 Å². The molecule has 2 N–H and O–H groups in total. The zero-order valence-corrected chi connectivity index (χ0v) is 14.2. The van der Waals surface area contributed by atoms with E-state index in [1.54, 1.807) is 20.3 Å². The van der Waals surface area contributed by atoms with Crippen molar-refractivity contribution >= 4 is 16.9 Å². The lowest BCUT2D eigenvalue weighted by molar-refractivity contribution is -0.133. The second-order valence-electron chi connectivity index (χ2n) is 6.35. The first-order chi connectivity index (χ1) is 12.7. The van der Waals surface area contributed by atoms with Gasteiger partial charge in [-0.3, -0.25) is 9.48 Å². The van der Waals surface area contributed by atoms with Crippen LogP contribution < -0.4 is 0 Å². The molecule has 0 saturated heterocycles. The predicted octanol–water partition coefficient (Wildman–Crippen LogP) is 0.0860. The Hall–Kier alpha value is -2.78. The highest BCUT2D eigenvalue weighted by Gasteiger charge is 2.23. The zero-order valence-electron chi connectivity index (χ0n) is 14.2. The molecule has 1 aliphatic rings. The Morgan fingerprint density at radius 1 is 1.27 bits per heavy atom. The van der Waals surface area contributed by atoms with Gasteiger partial charge >= 0.3 is 0 Å². The van der Waals surface area contributed by atoms with Crippen LogP contribution in [0.1, 0.15) is 23.9 Å². The number of rotatable bonds is 5. The van der Waals surface area contributed by atoms with Crippen molar-refractivity contribution in [3.05, 3.63) is 41.7 Å². The second-order valence-corrected chi connectivity index (χ2v) is 6.35. The topological polar surface area (TPSA) is 109 Å². The number of para-hydroxylation sites is 1. The van der Waals surface area contributed by atoms with E-state index in [2.05, 4.69) is 15.4 Å². The number of carbonyl (C=O) groups is 1. The van der Waals surface area contributed by atoms with Crippen LogP contribution in [0.2, 0.25) is 0 Å². The van der Waals surface area contributed by atoms with Crippen LogP contribution >= 0.6 is 0 Å². The van der Waals surface area contributed by atoms with Crippen LogP contribution in [-0.2, 0) is 24.4 Å². The molecule has 0 radical (unpaired) electrons. The lowest BCUT2D eigenvalue weighted by atomic mass is 10.2. The van der Waals surface area contributed by atoms with Crippen molar-refractivity contribution in [1.82, 2.24) is 29.7 Å². The summed E-state index contributed by atoms with van der Waals surface area (Å²) in [5.41, 5.74) is 3.03. The van der Waals surface area contributed by atoms with Gasteiger partial charge in [-0.2, -0.15) is 5.10 Å². The second kappa shape index (κ2) is 6.85. The first-order valence-electron chi connectivity index (χ1n) is 8.57. The Labute approximate surface area is 149 Å². The molecule has 0 aliphatic carbocycles. The quantitative estimate of drug-likeness (QED) is 0.670. The van der Waals surface area contributed by atoms with Gasteiger partial charge in [0.05, 0.1) is 43.1 Å². The van der Waals surface area contributed by atoms with Crippen LogP contribution in [0.25, 0.3) is 11.0 Å². The first-order valence-corrected chi connectivity index (χ1v) is 8.57. The van der Waals surface area contributed by atoms with Crippen LogP contribution in [-0.4, -0.2) is 58.9 Å². The molecular formula is C17H20N6O3. The molecule has 1 amide bonds. The fourth-order valence-corrected chi connectivity index (χ4v) is 3.20. The molecule has 3 heterocycles. The number of aliphatic hydroxyl groups excluding tert-OH is 2. The molecule has 9 heteroatoms. The summed E-state index contributed by atoms with van der Waals surface area (Å²) >= 11 is 0. The number of aromatic nitrogens is 5. The summed E-state index contributed by atoms with van der Waals surface area (Å²) in [5, 5.41) is 31.2. The normalized spacial score (nSPS) is 15.2. The van der Waals surface area contributed by atoms with Crippen LogP contribution in [0.3, 0.4) is 0 Å². The number of aliphatic hydroxyl groups is 2. The highest BCUT2D eigenvalue weighted by molar-refractivity contribution is 5.77. The summed E-state index contributed by atoms with van der Waals surface area (Å²) in [7, 11) is 0. The molecule has 0 unspecified atom stereocenters. The number of fused-ring (bicyclic) bond motifs is 2. The van der Waals surface area contributed by atoms with Gasteiger partial charge in [-0.1, -0.05) is 17.3 Å². The third-order valence-electron chi connectivity index (χ3n) is 4.64. The number of benzene rings is 1. The molecule has 1 aromatic carbocycles. The highest BCUT2D eigenvalue weighted by atomic mass is 16.3. The molecule has 1 atom stereocenters. The summed E-state index contributed by atoms with van der Waals surface area (Å²) in [6.45, 7) is 1.70. The van der Waals surface area contributed by atoms with Gasteiger partial charge in [0, 0.05) is 13.0 Å². The molecule has 136 valence electrons. The van der Waals surface area contributed by atoms with Crippen molar-refractivity contribution in [2.45, 2.75) is 32.2 Å². The van der Waals surface area contributed by atoms with Crippen molar-refractivity contribution < 1.29 is 15.0 Å². The fourth-order valence-electron chi connectivity index (χ4n) is 3.20. The summed E-state index contributed by atoms with van der Waals surface area (Å²) in [6.07, 6.45) is -0.647. The molecular weight excluding hydrogens is 336 g/mol. The molecule has 2 aromatic heterocycles. The molecule has 1 aliphatic heterocycles. The smallest absolute Gasteiger partial charge is 0.224 e. The maximum Gasteiger partial charge on any atom is 0.224 e. The zero-order chi connectivity index (χ0) is 18.1. The van der Waals surface area contributed by atoms with Crippen molar-refractivity contribution in [3.8, 4) is 0 Å². The van der Waals surface area contributed by atoms with Crippen molar-refractivity contribution in [2.75, 3.05) is 13.2 Å². The Bertz CT molecular complexity index is 934. The average Bonchev–Trinajstić information content (AvgIpc) is 3.28. The first kappa shape index (κ1) is 16.7. The average molecular weight is 356 g/mol. The fraction of sp³-hybridized carbons (Fsp3) is 0.412. The summed E-state index contributed by atoms with van der Waals surface area (Å²) < 4.78 is 3.53. The molecule has 26 heavy (non-hydrogen) atoms. The van der Waals surface area contributed by atoms with Crippen LogP contribution in [0.5, 0.6) is 0 Å². The molecule has 4 rings (SSSR count). The number of hydrogen-bond donors (Lipinski definition) is 2. The maximum absolute atomic E-state index is 12.6. The van der Waals surface area contributed by atoms with Gasteiger partial charge in [0.2, 0.25) is 5.91 Å². The molecule has 0 saturated carbocycles. The Morgan fingerprint density at radius 3 is 2.96 bits per heavy atom. The number of aryl methyl sites for hydroxylation is 1. The van der Waals surface area contributed by atoms with E-state index < -0.39 is 6.10 Å².